The van der Waals surface area contributed by atoms with Crippen LogP contribution in [0.4, 0.5) is 0 Å². The average molecular weight is 276 g/mol. The van der Waals surface area contributed by atoms with Gasteiger partial charge in [-0.25, -0.2) is 0 Å². The highest BCUT2D eigenvalue weighted by molar-refractivity contribution is 5.31. The van der Waals surface area contributed by atoms with Crippen LogP contribution in [-0.4, -0.2) is 5.11 Å². The highest BCUT2D eigenvalue weighted by Crippen LogP contribution is 2.22. The van der Waals surface area contributed by atoms with Crippen molar-refractivity contribution in [3.05, 3.63) is 29.8 Å². The largest absolute Gasteiger partial charge is 0.508 e. The van der Waals surface area contributed by atoms with E-state index in [1.165, 1.54) is 57.8 Å². The molecule has 0 saturated carbocycles. The van der Waals surface area contributed by atoms with E-state index in [0.29, 0.717) is 11.7 Å². The fourth-order valence-electron chi connectivity index (χ4n) is 2.79. The first-order valence-electron chi connectivity index (χ1n) is 8.51. The Labute approximate surface area is 125 Å². The monoisotopic (exact) mass is 276 g/mol. The maximum atomic E-state index is 9.77. The standard InChI is InChI=1S/C19H32O/c1-3-4-5-6-7-8-9-10-13-17(2)16-18-14-11-12-15-19(18)20/h11-12,14-15,17,20H,3-10,13,16H2,1-2H3. The second kappa shape index (κ2) is 10.8. The lowest BCUT2D eigenvalue weighted by molar-refractivity contribution is 0.445. The molecule has 0 aliphatic carbocycles. The predicted octanol–water partition coefficient (Wildman–Crippen LogP) is 6.10. The van der Waals surface area contributed by atoms with Gasteiger partial charge in [0.15, 0.2) is 0 Å². The van der Waals surface area contributed by atoms with Gasteiger partial charge in [-0.15, -0.1) is 0 Å². The highest BCUT2D eigenvalue weighted by Gasteiger charge is 2.06. The van der Waals surface area contributed by atoms with E-state index in [-0.39, 0.29) is 0 Å². The maximum Gasteiger partial charge on any atom is 0.118 e. The zero-order chi connectivity index (χ0) is 14.6. The molecule has 1 nitrogen and oxygen atoms in total. The van der Waals surface area contributed by atoms with E-state index in [9.17, 15) is 5.11 Å². The summed E-state index contributed by atoms with van der Waals surface area (Å²) >= 11 is 0. The normalized spacial score (nSPS) is 12.5. The van der Waals surface area contributed by atoms with Gasteiger partial charge in [0.1, 0.15) is 5.75 Å². The van der Waals surface area contributed by atoms with E-state index < -0.39 is 0 Å². The topological polar surface area (TPSA) is 20.2 Å². The van der Waals surface area contributed by atoms with Gasteiger partial charge in [-0.05, 0) is 24.0 Å². The minimum absolute atomic E-state index is 0.454. The van der Waals surface area contributed by atoms with Crippen LogP contribution < -0.4 is 0 Å². The van der Waals surface area contributed by atoms with Crippen molar-refractivity contribution in [1.29, 1.82) is 0 Å². The van der Waals surface area contributed by atoms with Gasteiger partial charge >= 0.3 is 0 Å². The van der Waals surface area contributed by atoms with Crippen molar-refractivity contribution in [3.8, 4) is 5.75 Å². The third-order valence-electron chi connectivity index (χ3n) is 4.11. The Hall–Kier alpha value is -0.980. The first-order valence-corrected chi connectivity index (χ1v) is 8.51. The Morgan fingerprint density at radius 2 is 1.50 bits per heavy atom. The minimum Gasteiger partial charge on any atom is -0.508 e. The van der Waals surface area contributed by atoms with Gasteiger partial charge in [0.25, 0.3) is 0 Å². The molecule has 1 heteroatoms. The van der Waals surface area contributed by atoms with Gasteiger partial charge in [-0.3, -0.25) is 0 Å². The van der Waals surface area contributed by atoms with E-state index in [0.717, 1.165) is 12.0 Å². The summed E-state index contributed by atoms with van der Waals surface area (Å²) in [5, 5.41) is 9.77. The molecular weight excluding hydrogens is 244 g/mol. The van der Waals surface area contributed by atoms with Crippen molar-refractivity contribution in [2.75, 3.05) is 0 Å². The first kappa shape index (κ1) is 17.1. The summed E-state index contributed by atoms with van der Waals surface area (Å²) in [6.07, 6.45) is 13.4. The summed E-state index contributed by atoms with van der Waals surface area (Å²) in [6, 6.07) is 7.73. The maximum absolute atomic E-state index is 9.77. The second-order valence-electron chi connectivity index (χ2n) is 6.20. The molecule has 0 heterocycles. The molecule has 0 fully saturated rings. The van der Waals surface area contributed by atoms with E-state index >= 15 is 0 Å². The molecule has 1 unspecified atom stereocenters. The Bertz CT molecular complexity index is 345. The third kappa shape index (κ3) is 7.57. The number of hydrogen-bond acceptors (Lipinski definition) is 1. The Balaban J connectivity index is 2.03. The summed E-state index contributed by atoms with van der Waals surface area (Å²) in [7, 11) is 0. The molecule has 0 aliphatic rings. The van der Waals surface area contributed by atoms with Gasteiger partial charge in [-0.2, -0.15) is 0 Å². The summed E-state index contributed by atoms with van der Waals surface area (Å²) in [5.74, 6) is 1.12. The zero-order valence-electron chi connectivity index (χ0n) is 13.4. The molecule has 0 saturated heterocycles. The molecule has 0 aromatic heterocycles. The Morgan fingerprint density at radius 3 is 2.15 bits per heavy atom. The third-order valence-corrected chi connectivity index (χ3v) is 4.11. The summed E-state index contributed by atoms with van der Waals surface area (Å²) in [5.41, 5.74) is 1.10. The summed E-state index contributed by atoms with van der Waals surface area (Å²) in [6.45, 7) is 4.57. The van der Waals surface area contributed by atoms with Crippen LogP contribution in [0.2, 0.25) is 0 Å². The molecule has 0 bridgehead atoms. The Kier molecular flexibility index (Phi) is 9.19. The quantitative estimate of drug-likeness (QED) is 0.484. The number of phenolic OH excluding ortho intramolecular Hbond substituents is 1. The predicted molar refractivity (Wildman–Crippen MR) is 88.2 cm³/mol. The molecule has 1 aromatic rings. The van der Waals surface area contributed by atoms with Crippen molar-refractivity contribution in [2.45, 2.75) is 78.1 Å². The van der Waals surface area contributed by atoms with Crippen molar-refractivity contribution < 1.29 is 5.11 Å². The summed E-state index contributed by atoms with van der Waals surface area (Å²) < 4.78 is 0. The molecule has 1 atom stereocenters. The van der Waals surface area contributed by atoms with Crippen molar-refractivity contribution >= 4 is 0 Å². The van der Waals surface area contributed by atoms with Crippen LogP contribution >= 0.6 is 0 Å². The molecule has 114 valence electrons. The smallest absolute Gasteiger partial charge is 0.118 e. The number of aromatic hydroxyl groups is 1. The van der Waals surface area contributed by atoms with Crippen LogP contribution in [0.3, 0.4) is 0 Å². The molecule has 0 spiro atoms. The molecular formula is C19H32O. The Morgan fingerprint density at radius 1 is 0.900 bits per heavy atom. The SMILES string of the molecule is CCCCCCCCCCC(C)Cc1ccccc1O. The fourth-order valence-corrected chi connectivity index (χ4v) is 2.79. The van der Waals surface area contributed by atoms with Gasteiger partial charge in [0.05, 0.1) is 0 Å². The summed E-state index contributed by atoms with van der Waals surface area (Å²) in [4.78, 5) is 0. The fraction of sp³-hybridized carbons (Fsp3) is 0.684. The van der Waals surface area contributed by atoms with Crippen molar-refractivity contribution in [2.24, 2.45) is 5.92 Å². The molecule has 1 aromatic carbocycles. The number of benzene rings is 1. The average Bonchev–Trinajstić information content (AvgIpc) is 2.44. The van der Waals surface area contributed by atoms with Gasteiger partial charge in [0.2, 0.25) is 0 Å². The molecule has 1 rings (SSSR count). The number of hydrogen-bond donors (Lipinski definition) is 1. The molecule has 20 heavy (non-hydrogen) atoms. The zero-order valence-corrected chi connectivity index (χ0v) is 13.4. The van der Waals surface area contributed by atoms with E-state index in [2.05, 4.69) is 13.8 Å². The second-order valence-corrected chi connectivity index (χ2v) is 6.20. The van der Waals surface area contributed by atoms with Crippen LogP contribution in [0, 0.1) is 5.92 Å². The van der Waals surface area contributed by atoms with Crippen LogP contribution in [0.25, 0.3) is 0 Å². The van der Waals surface area contributed by atoms with Crippen molar-refractivity contribution in [3.63, 3.8) is 0 Å². The molecule has 0 aliphatic heterocycles. The molecule has 1 N–H and O–H groups in total. The van der Waals surface area contributed by atoms with Gasteiger partial charge in [0, 0.05) is 0 Å². The van der Waals surface area contributed by atoms with Gasteiger partial charge in [-0.1, -0.05) is 89.8 Å². The number of phenols is 1. The number of para-hydroxylation sites is 1. The lowest BCUT2D eigenvalue weighted by atomic mass is 9.94. The number of unbranched alkanes of at least 4 members (excludes halogenated alkanes) is 7. The molecule has 0 amide bonds. The lowest BCUT2D eigenvalue weighted by Crippen LogP contribution is -2.00. The minimum atomic E-state index is 0.454. The van der Waals surface area contributed by atoms with Crippen LogP contribution in [0.1, 0.15) is 77.2 Å². The number of rotatable bonds is 11. The van der Waals surface area contributed by atoms with Crippen LogP contribution in [0.5, 0.6) is 5.75 Å². The van der Waals surface area contributed by atoms with Gasteiger partial charge < -0.3 is 5.11 Å². The van der Waals surface area contributed by atoms with Crippen LogP contribution in [0.15, 0.2) is 24.3 Å². The van der Waals surface area contributed by atoms with Crippen molar-refractivity contribution in [1.82, 2.24) is 0 Å². The van der Waals surface area contributed by atoms with E-state index in [1.54, 1.807) is 6.07 Å². The highest BCUT2D eigenvalue weighted by atomic mass is 16.3. The van der Waals surface area contributed by atoms with Crippen LogP contribution in [-0.2, 0) is 6.42 Å². The lowest BCUT2D eigenvalue weighted by Gasteiger charge is -2.12. The van der Waals surface area contributed by atoms with E-state index in [4.69, 9.17) is 0 Å². The first-order chi connectivity index (χ1) is 9.74. The molecule has 0 radical (unpaired) electrons. The van der Waals surface area contributed by atoms with E-state index in [1.807, 2.05) is 18.2 Å².